The molecule has 0 bridgehead atoms. The van der Waals surface area contributed by atoms with Gasteiger partial charge in [-0.2, -0.15) is 0 Å². The van der Waals surface area contributed by atoms with E-state index in [-0.39, 0.29) is 10.9 Å². The van der Waals surface area contributed by atoms with Crippen molar-refractivity contribution in [2.24, 2.45) is 5.92 Å². The van der Waals surface area contributed by atoms with Gasteiger partial charge in [-0.05, 0) is 31.6 Å². The van der Waals surface area contributed by atoms with Crippen molar-refractivity contribution >= 4 is 16.2 Å². The Morgan fingerprint density at radius 3 is 2.64 bits per heavy atom. The molecular weight excluding hydrogens is 376 g/mol. The minimum atomic E-state index is -3.38. The maximum atomic E-state index is 12.9. The fraction of sp³-hybridized carbons (Fsp3) is 0.800. The first kappa shape index (κ1) is 22.9. The summed E-state index contributed by atoms with van der Waals surface area (Å²) in [6.45, 7) is 10.9. The van der Waals surface area contributed by atoms with Crippen LogP contribution in [0, 0.1) is 5.92 Å². The molecule has 7 nitrogen and oxygen atoms in total. The highest BCUT2D eigenvalue weighted by atomic mass is 32.2. The summed E-state index contributed by atoms with van der Waals surface area (Å²) in [5, 5.41) is 0.226. The van der Waals surface area contributed by atoms with Crippen LogP contribution in [0.5, 0.6) is 0 Å². The molecule has 1 aliphatic rings. The van der Waals surface area contributed by atoms with Crippen molar-refractivity contribution < 1.29 is 13.2 Å². The fourth-order valence-corrected chi connectivity index (χ4v) is 5.07. The maximum absolute atomic E-state index is 12.9. The van der Waals surface area contributed by atoms with Crippen molar-refractivity contribution in [3.05, 3.63) is 11.9 Å². The molecule has 28 heavy (non-hydrogen) atoms. The molecule has 2 heterocycles. The molecule has 8 heteroatoms. The summed E-state index contributed by atoms with van der Waals surface area (Å²) in [5.74, 6) is 0.658. The average Bonchev–Trinajstić information content (AvgIpc) is 2.90. The molecule has 1 fully saturated rings. The normalized spacial score (nSPS) is 16.5. The molecule has 0 unspecified atom stereocenters. The lowest BCUT2D eigenvalue weighted by Gasteiger charge is -2.21. The molecule has 0 radical (unpaired) electrons. The Morgan fingerprint density at radius 1 is 1.18 bits per heavy atom. The second-order valence-electron chi connectivity index (χ2n) is 8.16. The second-order valence-corrected chi connectivity index (χ2v) is 10.2. The van der Waals surface area contributed by atoms with E-state index in [9.17, 15) is 13.2 Å². The highest BCUT2D eigenvalue weighted by Crippen LogP contribution is 2.19. The van der Waals surface area contributed by atoms with Gasteiger partial charge in [-0.25, -0.2) is 13.4 Å². The number of carbonyl (C=O) groups excluding carboxylic acids is 1. The first-order valence-corrected chi connectivity index (χ1v) is 12.2. The lowest BCUT2D eigenvalue weighted by atomic mass is 10.1. The van der Waals surface area contributed by atoms with Gasteiger partial charge >= 0.3 is 0 Å². The largest absolute Gasteiger partial charge is 0.344 e. The molecule has 0 aliphatic carbocycles. The van der Waals surface area contributed by atoms with Crippen LogP contribution in [-0.4, -0.2) is 66.1 Å². The zero-order chi connectivity index (χ0) is 20.6. The van der Waals surface area contributed by atoms with Gasteiger partial charge in [0, 0.05) is 39.3 Å². The monoisotopic (exact) mass is 412 g/mol. The van der Waals surface area contributed by atoms with E-state index in [4.69, 9.17) is 0 Å². The maximum Gasteiger partial charge on any atom is 0.227 e. The quantitative estimate of drug-likeness (QED) is 0.522. The van der Waals surface area contributed by atoms with Crippen molar-refractivity contribution in [2.45, 2.75) is 71.1 Å². The van der Waals surface area contributed by atoms with E-state index in [2.05, 4.69) is 30.7 Å². The fourth-order valence-electron chi connectivity index (χ4n) is 3.58. The van der Waals surface area contributed by atoms with Crippen molar-refractivity contribution in [1.82, 2.24) is 19.4 Å². The highest BCUT2D eigenvalue weighted by Gasteiger charge is 2.24. The third-order valence-corrected chi connectivity index (χ3v) is 6.98. The van der Waals surface area contributed by atoms with Crippen LogP contribution in [0.1, 0.15) is 58.6 Å². The molecule has 0 N–H and O–H groups in total. The first-order chi connectivity index (χ1) is 13.4. The molecule has 1 saturated heterocycles. The van der Waals surface area contributed by atoms with Gasteiger partial charge in [-0.1, -0.05) is 27.2 Å². The topological polar surface area (TPSA) is 75.5 Å². The molecule has 0 aromatic carbocycles. The Morgan fingerprint density at radius 2 is 1.96 bits per heavy atom. The van der Waals surface area contributed by atoms with Gasteiger partial charge in [-0.3, -0.25) is 9.69 Å². The number of rotatable bonds is 11. The molecule has 0 spiro atoms. The van der Waals surface area contributed by atoms with E-state index in [1.807, 2.05) is 4.57 Å². The van der Waals surface area contributed by atoms with Gasteiger partial charge < -0.3 is 9.47 Å². The minimum absolute atomic E-state index is 0.158. The molecule has 1 aromatic heterocycles. The van der Waals surface area contributed by atoms with Gasteiger partial charge in [0.25, 0.3) is 0 Å². The number of unbranched alkanes of at least 4 members (excludes halogenated alkanes) is 1. The van der Waals surface area contributed by atoms with Crippen molar-refractivity contribution in [3.63, 3.8) is 0 Å². The lowest BCUT2D eigenvalue weighted by Crippen LogP contribution is -2.30. The number of aromatic nitrogens is 2. The average molecular weight is 413 g/mol. The van der Waals surface area contributed by atoms with Gasteiger partial charge in [0.2, 0.25) is 21.4 Å². The summed E-state index contributed by atoms with van der Waals surface area (Å²) < 4.78 is 27.7. The van der Waals surface area contributed by atoms with Crippen molar-refractivity contribution in [2.75, 3.05) is 31.9 Å². The van der Waals surface area contributed by atoms with Gasteiger partial charge in [0.1, 0.15) is 0 Å². The Labute approximate surface area is 170 Å². The van der Waals surface area contributed by atoms with E-state index in [0.29, 0.717) is 32.0 Å². The summed E-state index contributed by atoms with van der Waals surface area (Å²) in [4.78, 5) is 19.5. The second kappa shape index (κ2) is 11.0. The predicted molar refractivity (Wildman–Crippen MR) is 111 cm³/mol. The van der Waals surface area contributed by atoms with Crippen LogP contribution in [0.15, 0.2) is 11.4 Å². The van der Waals surface area contributed by atoms with Crippen molar-refractivity contribution in [3.8, 4) is 0 Å². The zero-order valence-corrected chi connectivity index (χ0v) is 18.5. The van der Waals surface area contributed by atoms with Crippen LogP contribution in [0.3, 0.4) is 0 Å². The molecule has 1 amide bonds. The number of nitrogens with zero attached hydrogens (tertiary/aromatic N) is 4. The summed E-state index contributed by atoms with van der Waals surface area (Å²) in [6.07, 6.45) is 7.08. The number of imidazole rings is 1. The van der Waals surface area contributed by atoms with E-state index in [0.717, 1.165) is 57.4 Å². The van der Waals surface area contributed by atoms with E-state index in [1.54, 1.807) is 11.1 Å². The van der Waals surface area contributed by atoms with E-state index >= 15 is 0 Å². The minimum Gasteiger partial charge on any atom is -0.344 e. The van der Waals surface area contributed by atoms with Crippen LogP contribution in [0.25, 0.3) is 0 Å². The smallest absolute Gasteiger partial charge is 0.227 e. The molecular formula is C20H36N4O3S. The third kappa shape index (κ3) is 6.58. The van der Waals surface area contributed by atoms with E-state index < -0.39 is 9.84 Å². The summed E-state index contributed by atoms with van der Waals surface area (Å²) >= 11 is 0. The van der Waals surface area contributed by atoms with Gasteiger partial charge in [0.05, 0.1) is 17.6 Å². The van der Waals surface area contributed by atoms with Crippen molar-refractivity contribution in [1.29, 1.82) is 0 Å². The van der Waals surface area contributed by atoms with Gasteiger partial charge in [0.15, 0.2) is 0 Å². The summed E-state index contributed by atoms with van der Waals surface area (Å²) in [6, 6.07) is 0. The summed E-state index contributed by atoms with van der Waals surface area (Å²) in [7, 11) is -3.38. The number of hydrogen-bond acceptors (Lipinski definition) is 5. The Balaban J connectivity index is 2.15. The van der Waals surface area contributed by atoms with Crippen LogP contribution in [0.2, 0.25) is 0 Å². The molecule has 160 valence electrons. The van der Waals surface area contributed by atoms with Crippen LogP contribution in [0.4, 0.5) is 0 Å². The third-order valence-electron chi connectivity index (χ3n) is 5.27. The van der Waals surface area contributed by atoms with Gasteiger partial charge in [-0.15, -0.1) is 0 Å². The molecule has 0 saturated carbocycles. The van der Waals surface area contributed by atoms with Crippen LogP contribution >= 0.6 is 0 Å². The standard InChI is InChI=1S/C20H36N4O3S/c1-4-5-11-24-19(16-22-9-7-10-23(17-25)13-12-22)15-21-20(24)28(26,27)14-6-8-18(2)3/h15,17-18H,4-14,16H2,1-3H3. The zero-order valence-electron chi connectivity index (χ0n) is 17.6. The van der Waals surface area contributed by atoms with Crippen LogP contribution < -0.4 is 0 Å². The lowest BCUT2D eigenvalue weighted by molar-refractivity contribution is -0.118. The number of sulfone groups is 1. The molecule has 1 aliphatic heterocycles. The van der Waals surface area contributed by atoms with Crippen LogP contribution in [-0.2, 0) is 27.7 Å². The molecule has 2 rings (SSSR count). The number of amides is 1. The first-order valence-electron chi connectivity index (χ1n) is 10.6. The predicted octanol–water partition coefficient (Wildman–Crippen LogP) is 2.56. The Hall–Kier alpha value is -1.41. The number of hydrogen-bond donors (Lipinski definition) is 0. The molecule has 1 aromatic rings. The van der Waals surface area contributed by atoms with E-state index in [1.165, 1.54) is 0 Å². The Bertz CT molecular complexity index is 715. The summed E-state index contributed by atoms with van der Waals surface area (Å²) in [5.41, 5.74) is 0.954. The SMILES string of the molecule is CCCCn1c(CN2CCCN(C=O)CC2)cnc1S(=O)(=O)CCCC(C)C. The Kier molecular flexibility index (Phi) is 8.95. The highest BCUT2D eigenvalue weighted by molar-refractivity contribution is 7.91. The number of carbonyl (C=O) groups is 1. The molecule has 0 atom stereocenters.